The quantitative estimate of drug-likeness (QED) is 0.526. The fraction of sp³-hybridized carbons (Fsp3) is 1.00. The Morgan fingerprint density at radius 3 is 2.44 bits per heavy atom. The van der Waals surface area contributed by atoms with Crippen molar-refractivity contribution in [3.8, 4) is 0 Å². The number of hydrogen-bond acceptors (Lipinski definition) is 3. The van der Waals surface area contributed by atoms with E-state index in [1.807, 2.05) is 6.92 Å². The van der Waals surface area contributed by atoms with Gasteiger partial charge in [-0.2, -0.15) is 0 Å². The van der Waals surface area contributed by atoms with Gasteiger partial charge in [0.05, 0.1) is 13.2 Å². The molecular formula is C15H30O3. The Kier molecular flexibility index (Phi) is 9.54. The lowest BCUT2D eigenvalue weighted by atomic mass is 10.1. The van der Waals surface area contributed by atoms with E-state index in [-0.39, 0.29) is 12.4 Å². The van der Waals surface area contributed by atoms with Crippen molar-refractivity contribution in [3.63, 3.8) is 0 Å². The number of hydrogen-bond donors (Lipinski definition) is 0. The van der Waals surface area contributed by atoms with Gasteiger partial charge in [0.25, 0.3) is 0 Å². The summed E-state index contributed by atoms with van der Waals surface area (Å²) in [4.78, 5) is 0. The molecule has 0 aliphatic carbocycles. The molecule has 1 heterocycles. The average molecular weight is 258 g/mol. The zero-order valence-corrected chi connectivity index (χ0v) is 12.2. The Balaban J connectivity index is 1.88. The molecule has 18 heavy (non-hydrogen) atoms. The van der Waals surface area contributed by atoms with Crippen LogP contribution in [0.25, 0.3) is 0 Å². The second-order valence-electron chi connectivity index (χ2n) is 5.09. The fourth-order valence-corrected chi connectivity index (χ4v) is 2.26. The molecule has 1 saturated heterocycles. The summed E-state index contributed by atoms with van der Waals surface area (Å²) in [5.74, 6) is 0. The molecule has 1 fully saturated rings. The van der Waals surface area contributed by atoms with E-state index in [1.165, 1.54) is 44.9 Å². The maximum Gasteiger partial charge on any atom is 0.158 e. The molecule has 1 rings (SSSR count). The number of unbranched alkanes of at least 4 members (excludes halogenated alkanes) is 6. The summed E-state index contributed by atoms with van der Waals surface area (Å²) in [6.07, 6.45) is 10.6. The smallest absolute Gasteiger partial charge is 0.158 e. The maximum absolute atomic E-state index is 5.76. The first-order valence-corrected chi connectivity index (χ1v) is 7.71. The highest BCUT2D eigenvalue weighted by Gasteiger charge is 2.25. The molecule has 1 aliphatic rings. The van der Waals surface area contributed by atoms with Crippen LogP contribution in [0, 0.1) is 0 Å². The van der Waals surface area contributed by atoms with E-state index in [0.717, 1.165) is 13.0 Å². The Hall–Kier alpha value is -0.120. The summed E-state index contributed by atoms with van der Waals surface area (Å²) >= 11 is 0. The Morgan fingerprint density at radius 1 is 1.00 bits per heavy atom. The normalized spacial score (nSPS) is 23.7. The maximum atomic E-state index is 5.76. The molecule has 0 aromatic heterocycles. The van der Waals surface area contributed by atoms with Gasteiger partial charge in [-0.3, -0.25) is 0 Å². The van der Waals surface area contributed by atoms with Crippen LogP contribution in [-0.4, -0.2) is 32.2 Å². The SMILES string of the molecule is CCCCCCCCC[C@@H]1OC[C@@H](COCC)O1. The second-order valence-corrected chi connectivity index (χ2v) is 5.09. The number of ether oxygens (including phenoxy) is 3. The largest absolute Gasteiger partial charge is 0.379 e. The van der Waals surface area contributed by atoms with E-state index in [9.17, 15) is 0 Å². The van der Waals surface area contributed by atoms with Crippen LogP contribution in [0.3, 0.4) is 0 Å². The van der Waals surface area contributed by atoms with Crippen LogP contribution in [0.1, 0.15) is 65.2 Å². The van der Waals surface area contributed by atoms with Gasteiger partial charge in [-0.25, -0.2) is 0 Å². The zero-order valence-electron chi connectivity index (χ0n) is 12.2. The number of rotatable bonds is 11. The molecule has 0 aromatic carbocycles. The monoisotopic (exact) mass is 258 g/mol. The van der Waals surface area contributed by atoms with Crippen molar-refractivity contribution in [1.29, 1.82) is 0 Å². The van der Waals surface area contributed by atoms with Gasteiger partial charge < -0.3 is 14.2 Å². The van der Waals surface area contributed by atoms with Gasteiger partial charge in [-0.1, -0.05) is 45.4 Å². The van der Waals surface area contributed by atoms with Gasteiger partial charge in [-0.05, 0) is 19.8 Å². The standard InChI is InChI=1S/C15H30O3/c1-3-5-6-7-8-9-10-11-15-17-13-14(18-15)12-16-4-2/h14-15H,3-13H2,1-2H3/t14-,15-/m1/s1. The van der Waals surface area contributed by atoms with Gasteiger partial charge in [-0.15, -0.1) is 0 Å². The molecule has 0 N–H and O–H groups in total. The Morgan fingerprint density at radius 2 is 1.72 bits per heavy atom. The fourth-order valence-electron chi connectivity index (χ4n) is 2.26. The van der Waals surface area contributed by atoms with Crippen molar-refractivity contribution < 1.29 is 14.2 Å². The first-order chi connectivity index (χ1) is 8.86. The third-order valence-corrected chi connectivity index (χ3v) is 3.36. The second kappa shape index (κ2) is 10.8. The third kappa shape index (κ3) is 7.34. The van der Waals surface area contributed by atoms with Crippen molar-refractivity contribution >= 4 is 0 Å². The predicted octanol–water partition coefficient (Wildman–Crippen LogP) is 3.91. The van der Waals surface area contributed by atoms with Crippen LogP contribution < -0.4 is 0 Å². The summed E-state index contributed by atoms with van der Waals surface area (Å²) < 4.78 is 16.7. The highest BCUT2D eigenvalue weighted by molar-refractivity contribution is 4.64. The van der Waals surface area contributed by atoms with Crippen LogP contribution in [0.15, 0.2) is 0 Å². The van der Waals surface area contributed by atoms with Crippen molar-refractivity contribution in [2.75, 3.05) is 19.8 Å². The van der Waals surface area contributed by atoms with Gasteiger partial charge in [0, 0.05) is 6.61 Å². The summed E-state index contributed by atoms with van der Waals surface area (Å²) in [6.45, 7) is 6.38. The molecule has 0 spiro atoms. The summed E-state index contributed by atoms with van der Waals surface area (Å²) in [6, 6.07) is 0. The molecule has 2 atom stereocenters. The van der Waals surface area contributed by atoms with E-state index in [1.54, 1.807) is 0 Å². The molecule has 0 aromatic rings. The molecule has 108 valence electrons. The van der Waals surface area contributed by atoms with Crippen LogP contribution in [0.4, 0.5) is 0 Å². The lowest BCUT2D eigenvalue weighted by Crippen LogP contribution is -2.18. The Bertz CT molecular complexity index is 185. The van der Waals surface area contributed by atoms with Gasteiger partial charge in [0.2, 0.25) is 0 Å². The Labute approximate surface area is 112 Å². The van der Waals surface area contributed by atoms with Crippen LogP contribution in [0.5, 0.6) is 0 Å². The summed E-state index contributed by atoms with van der Waals surface area (Å²) in [5.41, 5.74) is 0. The summed E-state index contributed by atoms with van der Waals surface area (Å²) in [7, 11) is 0. The molecule has 3 nitrogen and oxygen atoms in total. The third-order valence-electron chi connectivity index (χ3n) is 3.36. The zero-order chi connectivity index (χ0) is 13.1. The van der Waals surface area contributed by atoms with Crippen LogP contribution in [-0.2, 0) is 14.2 Å². The van der Waals surface area contributed by atoms with Gasteiger partial charge in [0.1, 0.15) is 6.10 Å². The summed E-state index contributed by atoms with van der Waals surface area (Å²) in [5, 5.41) is 0. The minimum Gasteiger partial charge on any atom is -0.379 e. The van der Waals surface area contributed by atoms with Crippen LogP contribution in [0.2, 0.25) is 0 Å². The lowest BCUT2D eigenvalue weighted by molar-refractivity contribution is -0.0753. The van der Waals surface area contributed by atoms with E-state index < -0.39 is 0 Å². The van der Waals surface area contributed by atoms with Gasteiger partial charge in [0.15, 0.2) is 6.29 Å². The van der Waals surface area contributed by atoms with E-state index >= 15 is 0 Å². The molecule has 0 amide bonds. The minimum absolute atomic E-state index is 0.0195. The first-order valence-electron chi connectivity index (χ1n) is 7.71. The van der Waals surface area contributed by atoms with E-state index in [2.05, 4.69) is 6.92 Å². The molecular weight excluding hydrogens is 228 g/mol. The molecule has 3 heteroatoms. The minimum atomic E-state index is 0.0195. The molecule has 1 aliphatic heterocycles. The predicted molar refractivity (Wildman–Crippen MR) is 73.7 cm³/mol. The molecule has 0 saturated carbocycles. The lowest BCUT2D eigenvalue weighted by Gasteiger charge is -2.11. The highest BCUT2D eigenvalue weighted by atomic mass is 16.7. The van der Waals surface area contributed by atoms with Crippen molar-refractivity contribution in [3.05, 3.63) is 0 Å². The molecule has 0 bridgehead atoms. The van der Waals surface area contributed by atoms with E-state index in [0.29, 0.717) is 13.2 Å². The van der Waals surface area contributed by atoms with Crippen molar-refractivity contribution in [2.45, 2.75) is 77.6 Å². The molecule has 0 unspecified atom stereocenters. The van der Waals surface area contributed by atoms with Gasteiger partial charge >= 0.3 is 0 Å². The van der Waals surface area contributed by atoms with E-state index in [4.69, 9.17) is 14.2 Å². The first kappa shape index (κ1) is 15.9. The highest BCUT2D eigenvalue weighted by Crippen LogP contribution is 2.18. The van der Waals surface area contributed by atoms with Crippen LogP contribution >= 0.6 is 0 Å². The van der Waals surface area contributed by atoms with Crippen molar-refractivity contribution in [1.82, 2.24) is 0 Å². The van der Waals surface area contributed by atoms with Crippen molar-refractivity contribution in [2.24, 2.45) is 0 Å². The average Bonchev–Trinajstić information content (AvgIpc) is 2.83. The molecule has 0 radical (unpaired) electrons. The topological polar surface area (TPSA) is 27.7 Å².